The first-order valence-corrected chi connectivity index (χ1v) is 7.76. The van der Waals surface area contributed by atoms with Crippen molar-refractivity contribution in [1.29, 1.82) is 0 Å². The number of carbonyl (C=O) groups is 2. The van der Waals surface area contributed by atoms with Crippen molar-refractivity contribution in [2.75, 3.05) is 7.05 Å². The molecule has 6 heteroatoms. The standard InChI is InChI=1S/C18H18ClNO4/c1-20(18(23)24-12-13-7-3-2-4-8-13)16(17(21)22)11-14-9-5-6-10-15(14)19/h2-10,16H,11-12H2,1H3,(H,21,22). The maximum absolute atomic E-state index is 12.1. The van der Waals surface area contributed by atoms with Crippen LogP contribution in [0.2, 0.25) is 5.02 Å². The highest BCUT2D eigenvalue weighted by Gasteiger charge is 2.28. The minimum atomic E-state index is -1.12. The first-order valence-electron chi connectivity index (χ1n) is 7.38. The van der Waals surface area contributed by atoms with Gasteiger partial charge >= 0.3 is 12.1 Å². The average Bonchev–Trinajstić information content (AvgIpc) is 2.59. The number of aliphatic carboxylic acids is 1. The number of hydrogen-bond donors (Lipinski definition) is 1. The predicted octanol–water partition coefficient (Wildman–Crippen LogP) is 3.60. The van der Waals surface area contributed by atoms with Crippen molar-refractivity contribution in [1.82, 2.24) is 4.90 Å². The second kappa shape index (κ2) is 8.36. The summed E-state index contributed by atoms with van der Waals surface area (Å²) in [5, 5.41) is 9.90. The van der Waals surface area contributed by atoms with Gasteiger partial charge in [-0.25, -0.2) is 9.59 Å². The van der Waals surface area contributed by atoms with E-state index >= 15 is 0 Å². The van der Waals surface area contributed by atoms with Crippen LogP contribution in [-0.2, 0) is 22.6 Å². The van der Waals surface area contributed by atoms with E-state index in [9.17, 15) is 14.7 Å². The van der Waals surface area contributed by atoms with E-state index in [1.54, 1.807) is 24.3 Å². The molecule has 0 aliphatic rings. The zero-order chi connectivity index (χ0) is 17.5. The number of carboxylic acids is 1. The molecule has 0 radical (unpaired) electrons. The molecule has 0 aromatic heterocycles. The summed E-state index contributed by atoms with van der Waals surface area (Å²) in [6.45, 7) is 0.0858. The maximum atomic E-state index is 12.1. The lowest BCUT2D eigenvalue weighted by Crippen LogP contribution is -2.44. The number of carboxylic acid groups (broad SMARTS) is 1. The summed E-state index contributed by atoms with van der Waals surface area (Å²) >= 11 is 6.07. The second-order valence-electron chi connectivity index (χ2n) is 5.30. The van der Waals surface area contributed by atoms with Gasteiger partial charge in [0.2, 0.25) is 0 Å². The third kappa shape index (κ3) is 4.73. The summed E-state index contributed by atoms with van der Waals surface area (Å²) in [4.78, 5) is 24.8. The van der Waals surface area contributed by atoms with Gasteiger partial charge in [-0.1, -0.05) is 60.1 Å². The van der Waals surface area contributed by atoms with E-state index < -0.39 is 18.1 Å². The lowest BCUT2D eigenvalue weighted by molar-refractivity contribution is -0.142. The fourth-order valence-electron chi connectivity index (χ4n) is 2.21. The Hall–Kier alpha value is -2.53. The minimum Gasteiger partial charge on any atom is -0.480 e. The normalized spacial score (nSPS) is 11.6. The van der Waals surface area contributed by atoms with Crippen molar-refractivity contribution in [3.63, 3.8) is 0 Å². The number of benzene rings is 2. The largest absolute Gasteiger partial charge is 0.480 e. The van der Waals surface area contributed by atoms with Crippen LogP contribution in [0, 0.1) is 0 Å². The molecule has 0 fully saturated rings. The first-order chi connectivity index (χ1) is 11.5. The Balaban J connectivity index is 2.02. The maximum Gasteiger partial charge on any atom is 0.410 e. The average molecular weight is 348 g/mol. The Bertz CT molecular complexity index is 705. The third-order valence-electron chi connectivity index (χ3n) is 3.62. The number of nitrogens with zero attached hydrogens (tertiary/aromatic N) is 1. The minimum absolute atomic E-state index is 0.0858. The summed E-state index contributed by atoms with van der Waals surface area (Å²) < 4.78 is 5.18. The zero-order valence-electron chi connectivity index (χ0n) is 13.2. The van der Waals surface area contributed by atoms with Crippen LogP contribution >= 0.6 is 11.6 Å². The fraction of sp³-hybridized carbons (Fsp3) is 0.222. The quantitative estimate of drug-likeness (QED) is 0.867. The van der Waals surface area contributed by atoms with Gasteiger partial charge in [0.1, 0.15) is 12.6 Å². The summed E-state index contributed by atoms with van der Waals surface area (Å²) in [7, 11) is 1.41. The number of rotatable bonds is 6. The molecular formula is C18H18ClNO4. The molecule has 0 aliphatic heterocycles. The van der Waals surface area contributed by atoms with E-state index in [1.165, 1.54) is 7.05 Å². The van der Waals surface area contributed by atoms with Crippen LogP contribution in [0.4, 0.5) is 4.79 Å². The van der Waals surface area contributed by atoms with Crippen molar-refractivity contribution in [3.05, 3.63) is 70.7 Å². The SMILES string of the molecule is CN(C(=O)OCc1ccccc1)C(Cc1ccccc1Cl)C(=O)O. The van der Waals surface area contributed by atoms with Crippen molar-refractivity contribution < 1.29 is 19.4 Å². The molecule has 2 rings (SSSR count). The molecule has 2 aromatic carbocycles. The van der Waals surface area contributed by atoms with Crippen LogP contribution in [-0.4, -0.2) is 35.2 Å². The van der Waals surface area contributed by atoms with Crippen LogP contribution in [0.15, 0.2) is 54.6 Å². The number of carbonyl (C=O) groups excluding carboxylic acids is 1. The third-order valence-corrected chi connectivity index (χ3v) is 3.99. The van der Waals surface area contributed by atoms with Gasteiger partial charge in [0.15, 0.2) is 0 Å². The van der Waals surface area contributed by atoms with E-state index in [0.29, 0.717) is 10.6 Å². The van der Waals surface area contributed by atoms with Crippen molar-refractivity contribution >= 4 is 23.7 Å². The van der Waals surface area contributed by atoms with Crippen LogP contribution in [0.5, 0.6) is 0 Å². The zero-order valence-corrected chi connectivity index (χ0v) is 13.9. The van der Waals surface area contributed by atoms with Gasteiger partial charge in [-0.15, -0.1) is 0 Å². The van der Waals surface area contributed by atoms with Gasteiger partial charge in [0, 0.05) is 18.5 Å². The highest BCUT2D eigenvalue weighted by atomic mass is 35.5. The van der Waals surface area contributed by atoms with Gasteiger partial charge in [-0.3, -0.25) is 4.90 Å². The van der Waals surface area contributed by atoms with E-state index in [-0.39, 0.29) is 13.0 Å². The van der Waals surface area contributed by atoms with Crippen molar-refractivity contribution in [3.8, 4) is 0 Å². The lowest BCUT2D eigenvalue weighted by atomic mass is 10.1. The summed E-state index contributed by atoms with van der Waals surface area (Å²) in [5.41, 5.74) is 1.49. The summed E-state index contributed by atoms with van der Waals surface area (Å²) in [5.74, 6) is -1.12. The second-order valence-corrected chi connectivity index (χ2v) is 5.71. The molecule has 1 amide bonds. The Kier molecular flexibility index (Phi) is 6.21. The topological polar surface area (TPSA) is 66.8 Å². The lowest BCUT2D eigenvalue weighted by Gasteiger charge is -2.24. The van der Waals surface area contributed by atoms with Gasteiger partial charge in [0.05, 0.1) is 0 Å². The van der Waals surface area contributed by atoms with Gasteiger partial charge in [-0.05, 0) is 17.2 Å². The van der Waals surface area contributed by atoms with E-state index in [1.807, 2.05) is 30.3 Å². The van der Waals surface area contributed by atoms with Gasteiger partial charge in [0.25, 0.3) is 0 Å². The number of amides is 1. The Morgan fingerprint density at radius 2 is 1.75 bits per heavy atom. The Morgan fingerprint density at radius 3 is 2.38 bits per heavy atom. The molecule has 0 spiro atoms. The summed E-state index contributed by atoms with van der Waals surface area (Å²) in [6, 6.07) is 15.1. The molecule has 24 heavy (non-hydrogen) atoms. The molecular weight excluding hydrogens is 330 g/mol. The van der Waals surface area contributed by atoms with Crippen LogP contribution in [0.25, 0.3) is 0 Å². The first kappa shape index (κ1) is 17.8. The molecule has 1 unspecified atom stereocenters. The molecule has 126 valence electrons. The molecule has 1 N–H and O–H groups in total. The molecule has 0 heterocycles. The Labute approximate surface area is 145 Å². The van der Waals surface area contributed by atoms with E-state index in [4.69, 9.17) is 16.3 Å². The summed E-state index contributed by atoms with van der Waals surface area (Å²) in [6.07, 6.45) is -0.593. The number of halogens is 1. The van der Waals surface area contributed by atoms with E-state index in [0.717, 1.165) is 10.5 Å². The molecule has 0 bridgehead atoms. The fourth-order valence-corrected chi connectivity index (χ4v) is 2.42. The molecule has 0 saturated carbocycles. The van der Waals surface area contributed by atoms with E-state index in [2.05, 4.69) is 0 Å². The number of likely N-dealkylation sites (N-methyl/N-ethyl adjacent to an activating group) is 1. The molecule has 0 saturated heterocycles. The predicted molar refractivity (Wildman–Crippen MR) is 91.0 cm³/mol. The van der Waals surface area contributed by atoms with Crippen LogP contribution < -0.4 is 0 Å². The van der Waals surface area contributed by atoms with Gasteiger partial charge in [-0.2, -0.15) is 0 Å². The van der Waals surface area contributed by atoms with Gasteiger partial charge < -0.3 is 9.84 Å². The molecule has 0 aliphatic carbocycles. The van der Waals surface area contributed by atoms with Crippen molar-refractivity contribution in [2.24, 2.45) is 0 Å². The molecule has 5 nitrogen and oxygen atoms in total. The molecule has 1 atom stereocenters. The molecule has 2 aromatic rings. The Morgan fingerprint density at radius 1 is 1.12 bits per heavy atom. The highest BCUT2D eigenvalue weighted by Crippen LogP contribution is 2.19. The van der Waals surface area contributed by atoms with Crippen LogP contribution in [0.3, 0.4) is 0 Å². The van der Waals surface area contributed by atoms with Crippen molar-refractivity contribution in [2.45, 2.75) is 19.1 Å². The number of ether oxygens (including phenoxy) is 1. The van der Waals surface area contributed by atoms with Crippen LogP contribution in [0.1, 0.15) is 11.1 Å². The monoisotopic (exact) mass is 347 g/mol. The smallest absolute Gasteiger partial charge is 0.410 e. The number of hydrogen-bond acceptors (Lipinski definition) is 3. The highest BCUT2D eigenvalue weighted by molar-refractivity contribution is 6.31.